The van der Waals surface area contributed by atoms with E-state index in [4.69, 9.17) is 4.74 Å². The highest BCUT2D eigenvalue weighted by atomic mass is 16.6. The van der Waals surface area contributed by atoms with E-state index in [9.17, 15) is 9.59 Å². The van der Waals surface area contributed by atoms with Crippen LogP contribution in [-0.2, 0) is 14.3 Å². The molecule has 0 aromatic heterocycles. The van der Waals surface area contributed by atoms with Gasteiger partial charge in [0.1, 0.15) is 5.60 Å². The zero-order valence-electron chi connectivity index (χ0n) is 9.13. The predicted molar refractivity (Wildman–Crippen MR) is 52.8 cm³/mol. The Morgan fingerprint density at radius 3 is 2.07 bits per heavy atom. The summed E-state index contributed by atoms with van der Waals surface area (Å²) in [5.41, 5.74) is -0.564. The van der Waals surface area contributed by atoms with Crippen molar-refractivity contribution in [3.63, 3.8) is 0 Å². The molecule has 0 atom stereocenters. The van der Waals surface area contributed by atoms with Crippen LogP contribution in [0.25, 0.3) is 0 Å². The third-order valence-corrected chi connectivity index (χ3v) is 2.33. The van der Waals surface area contributed by atoms with E-state index >= 15 is 0 Å². The Bertz CT molecular complexity index is 231. The lowest BCUT2D eigenvalue weighted by Gasteiger charge is -2.19. The van der Waals surface area contributed by atoms with Crippen molar-refractivity contribution in [2.45, 2.75) is 52.1 Å². The molecule has 0 bridgehead atoms. The zero-order valence-corrected chi connectivity index (χ0v) is 9.13. The summed E-state index contributed by atoms with van der Waals surface area (Å²) in [6, 6.07) is 0. The first-order valence-electron chi connectivity index (χ1n) is 5.17. The average Bonchev–Trinajstić information content (AvgIpc) is 2.51. The molecule has 3 nitrogen and oxygen atoms in total. The third-order valence-electron chi connectivity index (χ3n) is 2.33. The van der Waals surface area contributed by atoms with Crippen LogP contribution < -0.4 is 0 Å². The van der Waals surface area contributed by atoms with E-state index in [1.54, 1.807) is 20.8 Å². The quantitative estimate of drug-likeness (QED) is 0.504. The topological polar surface area (TPSA) is 43.4 Å². The van der Waals surface area contributed by atoms with Crippen LogP contribution in [0.3, 0.4) is 0 Å². The number of esters is 1. The monoisotopic (exact) mass is 198 g/mol. The van der Waals surface area contributed by atoms with Gasteiger partial charge in [0.25, 0.3) is 0 Å². The fourth-order valence-electron chi connectivity index (χ4n) is 1.68. The van der Waals surface area contributed by atoms with Gasteiger partial charge in [0.15, 0.2) is 0 Å². The van der Waals surface area contributed by atoms with Gasteiger partial charge < -0.3 is 4.74 Å². The SMILES string of the molecule is CC(C)(C)OC(=O)C(=O)C1CCCC1. The van der Waals surface area contributed by atoms with Crippen LogP contribution in [0, 0.1) is 5.92 Å². The zero-order chi connectivity index (χ0) is 10.8. The number of carbonyl (C=O) groups is 2. The molecular weight excluding hydrogens is 180 g/mol. The van der Waals surface area contributed by atoms with Crippen molar-refractivity contribution in [1.29, 1.82) is 0 Å². The van der Waals surface area contributed by atoms with Crippen molar-refractivity contribution in [2.24, 2.45) is 5.92 Å². The molecule has 1 rings (SSSR count). The van der Waals surface area contributed by atoms with Crippen LogP contribution in [0.1, 0.15) is 46.5 Å². The van der Waals surface area contributed by atoms with Gasteiger partial charge in [-0.05, 0) is 33.6 Å². The molecule has 1 aliphatic carbocycles. The molecule has 80 valence electrons. The van der Waals surface area contributed by atoms with Gasteiger partial charge in [-0.2, -0.15) is 0 Å². The fourth-order valence-corrected chi connectivity index (χ4v) is 1.68. The van der Waals surface area contributed by atoms with E-state index in [2.05, 4.69) is 0 Å². The van der Waals surface area contributed by atoms with Gasteiger partial charge in [-0.25, -0.2) is 4.79 Å². The summed E-state index contributed by atoms with van der Waals surface area (Å²) in [6.45, 7) is 5.31. The molecule has 3 heteroatoms. The largest absolute Gasteiger partial charge is 0.454 e. The van der Waals surface area contributed by atoms with Gasteiger partial charge in [0, 0.05) is 5.92 Å². The van der Waals surface area contributed by atoms with Gasteiger partial charge in [-0.15, -0.1) is 0 Å². The summed E-state index contributed by atoms with van der Waals surface area (Å²) < 4.78 is 5.02. The highest BCUT2D eigenvalue weighted by Gasteiger charge is 2.31. The number of ether oxygens (including phenoxy) is 1. The molecule has 1 aliphatic rings. The lowest BCUT2D eigenvalue weighted by Crippen LogP contribution is -2.31. The van der Waals surface area contributed by atoms with Gasteiger partial charge in [-0.1, -0.05) is 12.8 Å². The molecule has 0 saturated heterocycles. The average molecular weight is 198 g/mol. The number of Topliss-reactive ketones (excluding diaryl/α,β-unsaturated/α-hetero) is 1. The lowest BCUT2D eigenvalue weighted by molar-refractivity contribution is -0.164. The van der Waals surface area contributed by atoms with Crippen molar-refractivity contribution >= 4 is 11.8 Å². The van der Waals surface area contributed by atoms with Crippen LogP contribution >= 0.6 is 0 Å². The molecule has 0 heterocycles. The normalized spacial score (nSPS) is 18.2. The molecule has 0 unspecified atom stereocenters. The molecule has 0 aliphatic heterocycles. The van der Waals surface area contributed by atoms with E-state index in [0.29, 0.717) is 0 Å². The van der Waals surface area contributed by atoms with E-state index in [-0.39, 0.29) is 11.7 Å². The van der Waals surface area contributed by atoms with Gasteiger partial charge in [0.2, 0.25) is 5.78 Å². The van der Waals surface area contributed by atoms with Gasteiger partial charge in [0.05, 0.1) is 0 Å². The van der Waals surface area contributed by atoms with Crippen molar-refractivity contribution in [3.8, 4) is 0 Å². The number of ketones is 1. The Morgan fingerprint density at radius 1 is 1.14 bits per heavy atom. The van der Waals surface area contributed by atoms with Crippen LogP contribution in [-0.4, -0.2) is 17.4 Å². The summed E-state index contributed by atoms with van der Waals surface area (Å²) in [5, 5.41) is 0. The Kier molecular flexibility index (Phi) is 3.29. The Labute approximate surface area is 84.8 Å². The first-order chi connectivity index (χ1) is 6.40. The maximum absolute atomic E-state index is 11.5. The Hall–Kier alpha value is -0.860. The highest BCUT2D eigenvalue weighted by Crippen LogP contribution is 2.26. The third kappa shape index (κ3) is 3.13. The van der Waals surface area contributed by atoms with E-state index < -0.39 is 11.6 Å². The number of hydrogen-bond acceptors (Lipinski definition) is 3. The first-order valence-corrected chi connectivity index (χ1v) is 5.17. The fraction of sp³-hybridized carbons (Fsp3) is 0.818. The van der Waals surface area contributed by atoms with E-state index in [1.165, 1.54) is 0 Å². The summed E-state index contributed by atoms with van der Waals surface area (Å²) in [5.74, 6) is -1.08. The second-order valence-corrected chi connectivity index (χ2v) is 4.85. The van der Waals surface area contributed by atoms with Crippen molar-refractivity contribution < 1.29 is 14.3 Å². The van der Waals surface area contributed by atoms with Crippen LogP contribution in [0.5, 0.6) is 0 Å². The Morgan fingerprint density at radius 2 is 1.64 bits per heavy atom. The molecule has 1 saturated carbocycles. The Balaban J connectivity index is 2.48. The molecule has 0 aromatic carbocycles. The summed E-state index contributed by atoms with van der Waals surface area (Å²) in [7, 11) is 0. The summed E-state index contributed by atoms with van der Waals surface area (Å²) in [4.78, 5) is 22.9. The molecule has 1 fully saturated rings. The van der Waals surface area contributed by atoms with Gasteiger partial charge >= 0.3 is 5.97 Å². The maximum Gasteiger partial charge on any atom is 0.375 e. The minimum absolute atomic E-state index is 0.0788. The van der Waals surface area contributed by atoms with Crippen LogP contribution in [0.2, 0.25) is 0 Å². The number of carbonyl (C=O) groups excluding carboxylic acids is 2. The minimum atomic E-state index is -0.663. The summed E-state index contributed by atoms with van der Waals surface area (Å²) in [6.07, 6.45) is 3.80. The van der Waals surface area contributed by atoms with Crippen LogP contribution in [0.4, 0.5) is 0 Å². The highest BCUT2D eigenvalue weighted by molar-refractivity contribution is 6.34. The van der Waals surface area contributed by atoms with Crippen molar-refractivity contribution in [1.82, 2.24) is 0 Å². The number of rotatable bonds is 2. The number of hydrogen-bond donors (Lipinski definition) is 0. The molecule has 14 heavy (non-hydrogen) atoms. The molecule has 0 radical (unpaired) electrons. The predicted octanol–water partition coefficient (Wildman–Crippen LogP) is 2.09. The molecule has 0 amide bonds. The van der Waals surface area contributed by atoms with Gasteiger partial charge in [-0.3, -0.25) is 4.79 Å². The molecule has 0 aromatic rings. The summed E-state index contributed by atoms with van der Waals surface area (Å²) >= 11 is 0. The minimum Gasteiger partial charge on any atom is -0.454 e. The first kappa shape index (κ1) is 11.2. The van der Waals surface area contributed by atoms with Crippen molar-refractivity contribution in [2.75, 3.05) is 0 Å². The van der Waals surface area contributed by atoms with E-state index in [0.717, 1.165) is 25.7 Å². The van der Waals surface area contributed by atoms with Crippen LogP contribution in [0.15, 0.2) is 0 Å². The molecule has 0 spiro atoms. The smallest absolute Gasteiger partial charge is 0.375 e. The standard InChI is InChI=1S/C11H18O3/c1-11(2,3)14-10(13)9(12)8-6-4-5-7-8/h8H,4-7H2,1-3H3. The maximum atomic E-state index is 11.5. The van der Waals surface area contributed by atoms with Crippen molar-refractivity contribution in [3.05, 3.63) is 0 Å². The molecular formula is C11H18O3. The molecule has 0 N–H and O–H groups in total. The second kappa shape index (κ2) is 4.11. The second-order valence-electron chi connectivity index (χ2n) is 4.85. The lowest BCUT2D eigenvalue weighted by atomic mass is 10.0. The van der Waals surface area contributed by atoms with E-state index in [1.807, 2.05) is 0 Å².